The summed E-state index contributed by atoms with van der Waals surface area (Å²) in [6.07, 6.45) is 1.07. The predicted octanol–water partition coefficient (Wildman–Crippen LogP) is 1.36. The molecular weight excluding hydrogens is 416 g/mol. The van der Waals surface area contributed by atoms with Crippen molar-refractivity contribution in [2.45, 2.75) is 44.4 Å². The molecule has 0 aromatic heterocycles. The molecule has 32 heavy (non-hydrogen) atoms. The summed E-state index contributed by atoms with van der Waals surface area (Å²) in [5.41, 5.74) is 0.900. The van der Waals surface area contributed by atoms with Gasteiger partial charge in [-0.15, -0.1) is 0 Å². The van der Waals surface area contributed by atoms with Gasteiger partial charge in [0.1, 0.15) is 18.5 Å². The Balaban J connectivity index is 1.67. The third-order valence-electron chi connectivity index (χ3n) is 5.65. The van der Waals surface area contributed by atoms with E-state index in [1.54, 1.807) is 37.3 Å². The number of urea groups is 1. The molecule has 0 saturated carbocycles. The first kappa shape index (κ1) is 23.8. The fraction of sp³-hybridized carbons (Fsp3) is 0.591. The molecule has 0 radical (unpaired) electrons. The number of nitrogens with zero attached hydrogens (tertiary/aromatic N) is 1. The average Bonchev–Trinajstić information content (AvgIpc) is 2.77. The maximum absolute atomic E-state index is 13.2. The number of likely N-dealkylation sites (N-methyl/N-ethyl adjacent to an activating group) is 1. The maximum Gasteiger partial charge on any atom is 0.319 e. The number of amides is 4. The van der Waals surface area contributed by atoms with E-state index in [0.717, 1.165) is 0 Å². The zero-order chi connectivity index (χ0) is 23.1. The Morgan fingerprint density at radius 3 is 2.81 bits per heavy atom. The Kier molecular flexibility index (Phi) is 8.29. The summed E-state index contributed by atoms with van der Waals surface area (Å²) in [7, 11) is 3.34. The molecule has 1 fully saturated rings. The number of hydrogen-bond donors (Lipinski definition) is 3. The van der Waals surface area contributed by atoms with Crippen LogP contribution in [0.25, 0.3) is 0 Å². The maximum atomic E-state index is 13.2. The van der Waals surface area contributed by atoms with Gasteiger partial charge in [0, 0.05) is 32.9 Å². The number of carbonyl (C=O) groups excluding carboxylic acids is 3. The number of rotatable bonds is 7. The summed E-state index contributed by atoms with van der Waals surface area (Å²) in [5.74, 6) is 0.151. The van der Waals surface area contributed by atoms with Crippen LogP contribution in [0.3, 0.4) is 0 Å². The van der Waals surface area contributed by atoms with Crippen LogP contribution in [0.5, 0.6) is 5.75 Å². The van der Waals surface area contributed by atoms with Crippen LogP contribution in [-0.4, -0.2) is 81.5 Å². The molecule has 3 N–H and O–H groups in total. The topological polar surface area (TPSA) is 118 Å². The fourth-order valence-electron chi connectivity index (χ4n) is 4.01. The van der Waals surface area contributed by atoms with Crippen LogP contribution in [0.1, 0.15) is 36.5 Å². The molecular formula is C22H32N4O6. The molecule has 176 valence electrons. The lowest BCUT2D eigenvalue weighted by molar-refractivity contribution is -0.134. The van der Waals surface area contributed by atoms with Crippen LogP contribution < -0.4 is 20.7 Å². The van der Waals surface area contributed by atoms with Crippen LogP contribution in [0.15, 0.2) is 18.2 Å². The molecule has 2 aliphatic rings. The highest BCUT2D eigenvalue weighted by atomic mass is 16.5. The molecule has 1 saturated heterocycles. The summed E-state index contributed by atoms with van der Waals surface area (Å²) < 4.78 is 17.0. The van der Waals surface area contributed by atoms with Gasteiger partial charge in [0.15, 0.2) is 0 Å². The summed E-state index contributed by atoms with van der Waals surface area (Å²) >= 11 is 0. The Morgan fingerprint density at radius 1 is 1.25 bits per heavy atom. The minimum atomic E-state index is -0.337. The van der Waals surface area contributed by atoms with Crippen molar-refractivity contribution in [2.24, 2.45) is 0 Å². The largest absolute Gasteiger partial charge is 0.490 e. The second-order valence-electron chi connectivity index (χ2n) is 7.91. The van der Waals surface area contributed by atoms with Crippen LogP contribution in [0.2, 0.25) is 0 Å². The molecule has 10 heteroatoms. The van der Waals surface area contributed by atoms with Crippen molar-refractivity contribution in [1.29, 1.82) is 0 Å². The van der Waals surface area contributed by atoms with Gasteiger partial charge in [-0.2, -0.15) is 0 Å². The summed E-state index contributed by atoms with van der Waals surface area (Å²) in [4.78, 5) is 38.8. The quantitative estimate of drug-likeness (QED) is 0.542. The molecule has 0 spiro atoms. The molecule has 2 heterocycles. The normalized spacial score (nSPS) is 22.5. The number of anilines is 1. The van der Waals surface area contributed by atoms with Gasteiger partial charge in [-0.1, -0.05) is 0 Å². The smallest absolute Gasteiger partial charge is 0.319 e. The van der Waals surface area contributed by atoms with Gasteiger partial charge >= 0.3 is 6.03 Å². The van der Waals surface area contributed by atoms with Gasteiger partial charge in [-0.25, -0.2) is 4.79 Å². The molecule has 4 amide bonds. The van der Waals surface area contributed by atoms with E-state index in [4.69, 9.17) is 14.2 Å². The van der Waals surface area contributed by atoms with E-state index in [0.29, 0.717) is 49.5 Å². The lowest BCUT2D eigenvalue weighted by atomic mass is 9.94. The van der Waals surface area contributed by atoms with Crippen LogP contribution in [0, 0.1) is 0 Å². The van der Waals surface area contributed by atoms with Gasteiger partial charge in [-0.05, 0) is 38.0 Å². The van der Waals surface area contributed by atoms with Crippen molar-refractivity contribution < 1.29 is 28.6 Å². The Morgan fingerprint density at radius 2 is 2.06 bits per heavy atom. The van der Waals surface area contributed by atoms with Crippen molar-refractivity contribution in [2.75, 3.05) is 45.8 Å². The van der Waals surface area contributed by atoms with E-state index in [2.05, 4.69) is 16.0 Å². The SMILES string of the molecule is CCNC(=O)Nc1ccc2c(c1)C(=O)N(C)[C@@H]1CC[C@H](CC(=O)NCCOC)O[C@H]1CO2. The third kappa shape index (κ3) is 5.89. The highest BCUT2D eigenvalue weighted by molar-refractivity contribution is 5.99. The molecule has 10 nitrogen and oxygen atoms in total. The molecule has 3 rings (SSSR count). The van der Waals surface area contributed by atoms with Crippen LogP contribution in [0.4, 0.5) is 10.5 Å². The van der Waals surface area contributed by atoms with E-state index in [9.17, 15) is 14.4 Å². The van der Waals surface area contributed by atoms with Crippen molar-refractivity contribution in [3.8, 4) is 5.75 Å². The Hall–Kier alpha value is -2.85. The lowest BCUT2D eigenvalue weighted by Crippen LogP contribution is -2.54. The number of nitrogens with one attached hydrogen (secondary N) is 3. The number of hydrogen-bond acceptors (Lipinski definition) is 6. The summed E-state index contributed by atoms with van der Waals surface area (Å²) in [6.45, 7) is 3.51. The molecule has 0 bridgehead atoms. The lowest BCUT2D eigenvalue weighted by Gasteiger charge is -2.42. The summed E-state index contributed by atoms with van der Waals surface area (Å²) in [5, 5.41) is 8.18. The molecule has 1 aromatic rings. The van der Waals surface area contributed by atoms with Gasteiger partial charge in [0.25, 0.3) is 5.91 Å². The fourth-order valence-corrected chi connectivity index (χ4v) is 4.01. The number of ether oxygens (including phenoxy) is 3. The Labute approximate surface area is 187 Å². The van der Waals surface area contributed by atoms with Crippen LogP contribution in [-0.2, 0) is 14.3 Å². The van der Waals surface area contributed by atoms with Gasteiger partial charge in [0.05, 0.1) is 30.7 Å². The number of methoxy groups -OCH3 is 1. The van der Waals surface area contributed by atoms with E-state index in [1.807, 2.05) is 6.92 Å². The summed E-state index contributed by atoms with van der Waals surface area (Å²) in [6, 6.07) is 4.49. The second-order valence-corrected chi connectivity index (χ2v) is 7.91. The van der Waals surface area contributed by atoms with Crippen molar-refractivity contribution >= 4 is 23.5 Å². The van der Waals surface area contributed by atoms with Gasteiger partial charge in [-0.3, -0.25) is 9.59 Å². The minimum Gasteiger partial charge on any atom is -0.490 e. The van der Waals surface area contributed by atoms with Gasteiger partial charge < -0.3 is 35.1 Å². The van der Waals surface area contributed by atoms with Crippen molar-refractivity contribution in [3.05, 3.63) is 23.8 Å². The van der Waals surface area contributed by atoms with E-state index >= 15 is 0 Å². The van der Waals surface area contributed by atoms with Crippen molar-refractivity contribution in [3.63, 3.8) is 0 Å². The number of benzene rings is 1. The van der Waals surface area contributed by atoms with E-state index < -0.39 is 0 Å². The third-order valence-corrected chi connectivity index (χ3v) is 5.65. The predicted molar refractivity (Wildman–Crippen MR) is 118 cm³/mol. The molecule has 3 atom stereocenters. The van der Waals surface area contributed by atoms with Crippen LogP contribution >= 0.6 is 0 Å². The minimum absolute atomic E-state index is 0.0841. The second kappa shape index (κ2) is 11.1. The zero-order valence-corrected chi connectivity index (χ0v) is 18.8. The Bertz CT molecular complexity index is 833. The van der Waals surface area contributed by atoms with E-state index in [-0.39, 0.29) is 49.1 Å². The van der Waals surface area contributed by atoms with Crippen molar-refractivity contribution in [1.82, 2.24) is 15.5 Å². The first-order valence-electron chi connectivity index (χ1n) is 10.9. The highest BCUT2D eigenvalue weighted by Gasteiger charge is 2.39. The highest BCUT2D eigenvalue weighted by Crippen LogP contribution is 2.32. The first-order valence-corrected chi connectivity index (χ1v) is 10.9. The standard InChI is InChI=1S/C22H32N4O6/c1-4-23-22(29)25-14-5-8-18-16(11-14)21(28)26(2)17-7-6-15(32-19(17)13-31-18)12-20(27)24-9-10-30-3/h5,8,11,15,17,19H,4,6-7,9-10,12-13H2,1-3H3,(H,24,27)(H2,23,25,29)/t15-,17-,19+/m1/s1. The first-order chi connectivity index (χ1) is 15.4. The molecule has 2 aliphatic heterocycles. The molecule has 1 aromatic carbocycles. The van der Waals surface area contributed by atoms with Gasteiger partial charge in [0.2, 0.25) is 5.91 Å². The molecule has 0 unspecified atom stereocenters. The monoisotopic (exact) mass is 448 g/mol. The average molecular weight is 449 g/mol. The zero-order valence-electron chi connectivity index (χ0n) is 18.8. The number of carbonyl (C=O) groups is 3. The number of fused-ring (bicyclic) bond motifs is 2. The molecule has 0 aliphatic carbocycles. The van der Waals surface area contributed by atoms with E-state index in [1.165, 1.54) is 0 Å².